The van der Waals surface area contributed by atoms with Crippen molar-refractivity contribution < 1.29 is 0 Å². The third kappa shape index (κ3) is 2.03. The van der Waals surface area contributed by atoms with Gasteiger partial charge in [0.25, 0.3) is 0 Å². The zero-order chi connectivity index (χ0) is 11.7. The van der Waals surface area contributed by atoms with Gasteiger partial charge in [-0.1, -0.05) is 23.2 Å². The van der Waals surface area contributed by atoms with Gasteiger partial charge in [-0.2, -0.15) is 0 Å². The molecule has 1 aromatic rings. The molecule has 0 amide bonds. The average molecular weight is 259 g/mol. The first-order chi connectivity index (χ1) is 7.59. The molecule has 0 spiro atoms. The highest BCUT2D eigenvalue weighted by Crippen LogP contribution is 2.36. The fourth-order valence-electron chi connectivity index (χ4n) is 1.45. The minimum Gasteiger partial charge on any atom is -0.398 e. The second-order valence-electron chi connectivity index (χ2n) is 3.54. The molecule has 1 aliphatic rings. The fourth-order valence-corrected chi connectivity index (χ4v) is 2.02. The lowest BCUT2D eigenvalue weighted by Gasteiger charge is -2.13. The molecule has 16 heavy (non-hydrogen) atoms. The van der Waals surface area contributed by atoms with Gasteiger partial charge in [0.2, 0.25) is 0 Å². The maximum atomic E-state index is 6.17. The number of benzene rings is 1. The SMILES string of the molecule is Cc1c(N)cc(Cl)c(NC2=NCCN2)c1Cl. The summed E-state index contributed by atoms with van der Waals surface area (Å²) in [5.74, 6) is 0.688. The molecule has 4 N–H and O–H groups in total. The quantitative estimate of drug-likeness (QED) is 0.678. The Morgan fingerprint density at radius 3 is 2.88 bits per heavy atom. The summed E-state index contributed by atoms with van der Waals surface area (Å²) in [6.07, 6.45) is 0. The maximum absolute atomic E-state index is 6.17. The van der Waals surface area contributed by atoms with Crippen LogP contribution < -0.4 is 16.4 Å². The van der Waals surface area contributed by atoms with Crippen LogP contribution in [0.4, 0.5) is 11.4 Å². The average Bonchev–Trinajstić information content (AvgIpc) is 2.74. The van der Waals surface area contributed by atoms with Crippen molar-refractivity contribution in [2.24, 2.45) is 4.99 Å². The molecule has 86 valence electrons. The van der Waals surface area contributed by atoms with Crippen LogP contribution in [0.3, 0.4) is 0 Å². The van der Waals surface area contributed by atoms with Crippen LogP contribution in [0.15, 0.2) is 11.1 Å². The molecule has 0 saturated heterocycles. The number of guanidine groups is 1. The number of hydrogen-bond donors (Lipinski definition) is 3. The lowest BCUT2D eigenvalue weighted by atomic mass is 10.2. The van der Waals surface area contributed by atoms with Crippen molar-refractivity contribution in [3.63, 3.8) is 0 Å². The summed E-state index contributed by atoms with van der Waals surface area (Å²) in [5, 5.41) is 7.17. The zero-order valence-corrected chi connectivity index (χ0v) is 10.3. The predicted molar refractivity (Wildman–Crippen MR) is 69.5 cm³/mol. The summed E-state index contributed by atoms with van der Waals surface area (Å²) in [6.45, 7) is 3.43. The van der Waals surface area contributed by atoms with E-state index in [1.54, 1.807) is 6.07 Å². The van der Waals surface area contributed by atoms with Crippen molar-refractivity contribution in [2.45, 2.75) is 6.92 Å². The van der Waals surface area contributed by atoms with Crippen molar-refractivity contribution in [1.29, 1.82) is 0 Å². The summed E-state index contributed by atoms with van der Waals surface area (Å²) in [4.78, 5) is 4.21. The molecule has 0 aliphatic carbocycles. The van der Waals surface area contributed by atoms with E-state index in [0.29, 0.717) is 27.4 Å². The van der Waals surface area contributed by atoms with Gasteiger partial charge in [0.1, 0.15) is 0 Å². The van der Waals surface area contributed by atoms with Crippen molar-refractivity contribution >= 4 is 40.5 Å². The van der Waals surface area contributed by atoms with Gasteiger partial charge in [0.05, 0.1) is 22.3 Å². The monoisotopic (exact) mass is 258 g/mol. The molecule has 0 atom stereocenters. The summed E-state index contributed by atoms with van der Waals surface area (Å²) in [5.41, 5.74) is 7.80. The van der Waals surface area contributed by atoms with Crippen molar-refractivity contribution in [3.05, 3.63) is 21.7 Å². The van der Waals surface area contributed by atoms with E-state index in [9.17, 15) is 0 Å². The number of anilines is 2. The number of aliphatic imine (C=N–C) groups is 1. The Kier molecular flexibility index (Phi) is 3.12. The number of halogens is 2. The molecule has 6 heteroatoms. The van der Waals surface area contributed by atoms with Gasteiger partial charge in [-0.15, -0.1) is 0 Å². The van der Waals surface area contributed by atoms with Crippen LogP contribution in [0.5, 0.6) is 0 Å². The van der Waals surface area contributed by atoms with Gasteiger partial charge < -0.3 is 16.4 Å². The highest BCUT2D eigenvalue weighted by Gasteiger charge is 2.14. The maximum Gasteiger partial charge on any atom is 0.196 e. The zero-order valence-electron chi connectivity index (χ0n) is 8.77. The van der Waals surface area contributed by atoms with Crippen LogP contribution >= 0.6 is 23.2 Å². The fraction of sp³-hybridized carbons (Fsp3) is 0.300. The van der Waals surface area contributed by atoms with Gasteiger partial charge in [-0.3, -0.25) is 4.99 Å². The van der Waals surface area contributed by atoms with Crippen molar-refractivity contribution in [3.8, 4) is 0 Å². The lowest BCUT2D eigenvalue weighted by molar-refractivity contribution is 0.959. The smallest absolute Gasteiger partial charge is 0.196 e. The first-order valence-electron chi connectivity index (χ1n) is 4.89. The van der Waals surface area contributed by atoms with Crippen LogP contribution in [0.25, 0.3) is 0 Å². The minimum absolute atomic E-state index is 0.490. The number of nitrogen functional groups attached to an aromatic ring is 1. The Hall–Kier alpha value is -1.13. The summed E-state index contributed by atoms with van der Waals surface area (Å²) in [7, 11) is 0. The van der Waals surface area contributed by atoms with E-state index in [4.69, 9.17) is 28.9 Å². The molecule has 0 saturated carbocycles. The first kappa shape index (κ1) is 11.4. The Morgan fingerprint density at radius 1 is 1.50 bits per heavy atom. The molecule has 0 fully saturated rings. The van der Waals surface area contributed by atoms with E-state index in [0.717, 1.165) is 18.7 Å². The highest BCUT2D eigenvalue weighted by molar-refractivity contribution is 6.40. The largest absolute Gasteiger partial charge is 0.398 e. The van der Waals surface area contributed by atoms with Crippen LogP contribution in [-0.2, 0) is 0 Å². The first-order valence-corrected chi connectivity index (χ1v) is 5.64. The molecule has 0 unspecified atom stereocenters. The second-order valence-corrected chi connectivity index (χ2v) is 4.33. The molecule has 1 aromatic carbocycles. The number of nitrogens with zero attached hydrogens (tertiary/aromatic N) is 1. The van der Waals surface area contributed by atoms with Gasteiger partial charge in [-0.25, -0.2) is 0 Å². The lowest BCUT2D eigenvalue weighted by Crippen LogP contribution is -2.26. The van der Waals surface area contributed by atoms with E-state index >= 15 is 0 Å². The van der Waals surface area contributed by atoms with Crippen LogP contribution in [0, 0.1) is 6.92 Å². The minimum atomic E-state index is 0.490. The number of nitrogens with one attached hydrogen (secondary N) is 2. The van der Waals surface area contributed by atoms with Gasteiger partial charge in [0.15, 0.2) is 5.96 Å². The molecule has 0 radical (unpaired) electrons. The summed E-state index contributed by atoms with van der Waals surface area (Å²) in [6, 6.07) is 1.68. The molecule has 4 nitrogen and oxygen atoms in total. The number of rotatable bonds is 1. The van der Waals surface area contributed by atoms with Crippen molar-refractivity contribution in [2.75, 3.05) is 24.1 Å². The molecule has 2 rings (SSSR count). The van der Waals surface area contributed by atoms with Gasteiger partial charge >= 0.3 is 0 Å². The number of nitrogens with two attached hydrogens (primary N) is 1. The Labute approximate surface area is 104 Å². The molecular weight excluding hydrogens is 247 g/mol. The van der Waals surface area contributed by atoms with Crippen LogP contribution in [0.1, 0.15) is 5.56 Å². The van der Waals surface area contributed by atoms with E-state index in [1.165, 1.54) is 0 Å². The Bertz CT molecular complexity index is 457. The van der Waals surface area contributed by atoms with E-state index < -0.39 is 0 Å². The van der Waals surface area contributed by atoms with E-state index in [-0.39, 0.29) is 0 Å². The molecule has 0 aromatic heterocycles. The summed E-state index contributed by atoms with van der Waals surface area (Å²) >= 11 is 12.2. The van der Waals surface area contributed by atoms with Crippen LogP contribution in [-0.4, -0.2) is 19.0 Å². The summed E-state index contributed by atoms with van der Waals surface area (Å²) < 4.78 is 0. The topological polar surface area (TPSA) is 62.4 Å². The standard InChI is InChI=1S/C10H12Cl2N4/c1-5-7(13)4-6(11)9(8(5)12)16-10-14-2-3-15-10/h4H,2-3,13H2,1H3,(H2,14,15,16). The van der Waals surface area contributed by atoms with Gasteiger partial charge in [0, 0.05) is 12.2 Å². The van der Waals surface area contributed by atoms with Gasteiger partial charge in [-0.05, 0) is 18.6 Å². The van der Waals surface area contributed by atoms with E-state index in [1.807, 2.05) is 6.92 Å². The van der Waals surface area contributed by atoms with Crippen LogP contribution in [0.2, 0.25) is 10.0 Å². The second kappa shape index (κ2) is 4.39. The third-order valence-corrected chi connectivity index (χ3v) is 3.19. The molecule has 1 heterocycles. The molecular formula is C10H12Cl2N4. The Balaban J connectivity index is 2.36. The van der Waals surface area contributed by atoms with E-state index in [2.05, 4.69) is 15.6 Å². The number of hydrogen-bond acceptors (Lipinski definition) is 4. The normalized spacial score (nSPS) is 14.6. The molecule has 1 aliphatic heterocycles. The third-order valence-electron chi connectivity index (χ3n) is 2.42. The molecule has 0 bridgehead atoms. The van der Waals surface area contributed by atoms with Crippen molar-refractivity contribution in [1.82, 2.24) is 5.32 Å². The Morgan fingerprint density at radius 2 is 2.25 bits per heavy atom. The highest BCUT2D eigenvalue weighted by atomic mass is 35.5. The predicted octanol–water partition coefficient (Wildman–Crippen LogP) is 2.26.